The fraction of sp³-hybridized carbons (Fsp3) is 0.0909. The number of imide groups is 1. The number of ether oxygens (including phenoxy) is 2. The largest absolute Gasteiger partial charge is 0.493 e. The van der Waals surface area contributed by atoms with Crippen molar-refractivity contribution in [3.05, 3.63) is 79.3 Å². The molecule has 2 N–H and O–H groups in total. The lowest BCUT2D eigenvalue weighted by atomic mass is 10.1. The molecule has 0 spiro atoms. The Balaban J connectivity index is 1.87. The van der Waals surface area contributed by atoms with E-state index in [1.54, 1.807) is 0 Å². The van der Waals surface area contributed by atoms with Crippen molar-refractivity contribution in [1.29, 1.82) is 0 Å². The van der Waals surface area contributed by atoms with Gasteiger partial charge in [-0.25, -0.2) is 13.7 Å². The zero-order chi connectivity index (χ0) is 26.3. The topological polar surface area (TPSA) is 123 Å². The van der Waals surface area contributed by atoms with Gasteiger partial charge in [0, 0.05) is 0 Å². The molecule has 0 fully saturated rings. The molecule has 4 rings (SSSR count). The number of carbonyl (C=O) groups excluding carboxylic acids is 2. The molecular weight excluding hydrogens is 525 g/mol. The first kappa shape index (κ1) is 24.9. The molecular formula is C22H14Cl2F2N4O6. The number of carbonyl (C=O) groups is 2. The number of hydrogen-bond acceptors (Lipinski definition) is 8. The lowest BCUT2D eigenvalue weighted by Crippen LogP contribution is -2.31. The van der Waals surface area contributed by atoms with Gasteiger partial charge in [0.05, 0.1) is 40.3 Å². The summed E-state index contributed by atoms with van der Waals surface area (Å²) in [4.78, 5) is 37.3. The first-order chi connectivity index (χ1) is 17.1. The van der Waals surface area contributed by atoms with Crippen LogP contribution in [0.5, 0.6) is 11.5 Å². The fourth-order valence-corrected chi connectivity index (χ4v) is 4.25. The monoisotopic (exact) mass is 538 g/mol. The average Bonchev–Trinajstić information content (AvgIpc) is 3.08. The van der Waals surface area contributed by atoms with Gasteiger partial charge in [0.1, 0.15) is 11.4 Å². The third-order valence-electron chi connectivity index (χ3n) is 5.24. The molecule has 186 valence electrons. The van der Waals surface area contributed by atoms with Gasteiger partial charge >= 0.3 is 5.69 Å². The lowest BCUT2D eigenvalue weighted by molar-refractivity contribution is -0.385. The number of rotatable bonds is 7. The standard InChI is InChI=1S/C22H14Cl2F2N4O6/c1-35-19-11(23)8-14(26)17(29-21(31)9-5-3-4-6-10(9)22(29)32)16(19)28-27-15-13(25)7-12(24)20(36-2)18(15)30(33)34/h3-8,27-28H,1-2H3. The highest BCUT2D eigenvalue weighted by Gasteiger charge is 2.40. The molecule has 0 unspecified atom stereocenters. The third kappa shape index (κ3) is 3.89. The normalized spacial score (nSPS) is 12.4. The van der Waals surface area contributed by atoms with Crippen LogP contribution in [-0.2, 0) is 0 Å². The minimum absolute atomic E-state index is 0.0267. The predicted octanol–water partition coefficient (Wildman–Crippen LogP) is 5.44. The summed E-state index contributed by atoms with van der Waals surface area (Å²) in [6.45, 7) is 0. The van der Waals surface area contributed by atoms with E-state index in [1.165, 1.54) is 31.4 Å². The van der Waals surface area contributed by atoms with Crippen molar-refractivity contribution in [3.8, 4) is 11.5 Å². The Morgan fingerprint density at radius 2 is 1.39 bits per heavy atom. The highest BCUT2D eigenvalue weighted by atomic mass is 35.5. The number of benzene rings is 3. The van der Waals surface area contributed by atoms with E-state index < -0.39 is 56.9 Å². The summed E-state index contributed by atoms with van der Waals surface area (Å²) < 4.78 is 40.1. The minimum Gasteiger partial charge on any atom is -0.493 e. The van der Waals surface area contributed by atoms with Crippen LogP contribution in [0.2, 0.25) is 10.0 Å². The number of nitrogens with zero attached hydrogens (tertiary/aromatic N) is 2. The Hall–Kier alpha value is -4.16. The molecule has 1 heterocycles. The average molecular weight is 539 g/mol. The molecule has 0 saturated carbocycles. The van der Waals surface area contributed by atoms with Crippen LogP contribution in [0.15, 0.2) is 36.4 Å². The maximum absolute atomic E-state index is 15.3. The van der Waals surface area contributed by atoms with Gasteiger partial charge in [-0.1, -0.05) is 35.3 Å². The maximum atomic E-state index is 15.3. The number of nitro benzene ring substituents is 1. The molecule has 1 aliphatic rings. The molecule has 0 atom stereocenters. The van der Waals surface area contributed by atoms with Crippen molar-refractivity contribution in [2.75, 3.05) is 30.0 Å². The van der Waals surface area contributed by atoms with E-state index in [2.05, 4.69) is 10.9 Å². The van der Waals surface area contributed by atoms with Crippen molar-refractivity contribution < 1.29 is 32.8 Å². The van der Waals surface area contributed by atoms with Crippen molar-refractivity contribution in [2.24, 2.45) is 0 Å². The first-order valence-electron chi connectivity index (χ1n) is 9.88. The van der Waals surface area contributed by atoms with Crippen LogP contribution in [0.3, 0.4) is 0 Å². The molecule has 36 heavy (non-hydrogen) atoms. The molecule has 0 radical (unpaired) electrons. The maximum Gasteiger partial charge on any atom is 0.340 e. The highest BCUT2D eigenvalue weighted by molar-refractivity contribution is 6.37. The molecule has 3 aromatic carbocycles. The SMILES string of the molecule is COc1c(Cl)cc(F)c(N2C(=O)c3ccccc3C2=O)c1NNc1c(F)cc(Cl)c(OC)c1[N+](=O)[O-]. The van der Waals surface area contributed by atoms with Crippen molar-refractivity contribution in [2.45, 2.75) is 0 Å². The number of hydrogen-bond donors (Lipinski definition) is 2. The lowest BCUT2D eigenvalue weighted by Gasteiger charge is -2.23. The van der Waals surface area contributed by atoms with Gasteiger partial charge in [0.15, 0.2) is 23.1 Å². The second kappa shape index (κ2) is 9.47. The molecule has 10 nitrogen and oxygen atoms in total. The van der Waals surface area contributed by atoms with E-state index >= 15 is 4.39 Å². The Morgan fingerprint density at radius 3 is 1.92 bits per heavy atom. The quantitative estimate of drug-likeness (QED) is 0.231. The molecule has 1 aliphatic heterocycles. The minimum atomic E-state index is -1.16. The van der Waals surface area contributed by atoms with Crippen molar-refractivity contribution in [1.82, 2.24) is 0 Å². The number of anilines is 3. The summed E-state index contributed by atoms with van der Waals surface area (Å²) in [5.74, 6) is -4.65. The molecule has 2 amide bonds. The predicted molar refractivity (Wildman–Crippen MR) is 127 cm³/mol. The number of fused-ring (bicyclic) bond motifs is 1. The Bertz CT molecular complexity index is 1420. The van der Waals surface area contributed by atoms with Crippen molar-refractivity contribution in [3.63, 3.8) is 0 Å². The molecule has 0 bridgehead atoms. The second-order valence-electron chi connectivity index (χ2n) is 7.19. The number of nitrogens with one attached hydrogen (secondary N) is 2. The van der Waals surface area contributed by atoms with Crippen LogP contribution in [0, 0.1) is 21.7 Å². The van der Waals surface area contributed by atoms with Crippen LogP contribution >= 0.6 is 23.2 Å². The summed E-state index contributed by atoms with van der Waals surface area (Å²) in [6.07, 6.45) is 0. The number of halogens is 4. The van der Waals surface area contributed by atoms with Gasteiger partial charge in [0.25, 0.3) is 11.8 Å². The number of hydrazine groups is 1. The van der Waals surface area contributed by atoms with Crippen LogP contribution in [0.4, 0.5) is 31.5 Å². The fourth-order valence-electron chi connectivity index (χ4n) is 3.72. The highest BCUT2D eigenvalue weighted by Crippen LogP contribution is 2.46. The van der Waals surface area contributed by atoms with Crippen LogP contribution in [0.1, 0.15) is 20.7 Å². The molecule has 0 saturated heterocycles. The summed E-state index contributed by atoms with van der Waals surface area (Å²) in [7, 11) is 2.27. The molecule has 0 aromatic heterocycles. The summed E-state index contributed by atoms with van der Waals surface area (Å²) in [5.41, 5.74) is 2.07. The Labute approximate surface area is 211 Å². The van der Waals surface area contributed by atoms with Crippen LogP contribution < -0.4 is 25.2 Å². The molecule has 0 aliphatic carbocycles. The number of methoxy groups -OCH3 is 2. The Kier molecular flexibility index (Phi) is 6.57. The molecule has 3 aromatic rings. The van der Waals surface area contributed by atoms with Gasteiger partial charge in [-0.15, -0.1) is 0 Å². The summed E-state index contributed by atoms with van der Waals surface area (Å²) in [6, 6.07) is 7.43. The summed E-state index contributed by atoms with van der Waals surface area (Å²) in [5, 5.41) is 11.0. The van der Waals surface area contributed by atoms with E-state index in [9.17, 15) is 24.1 Å². The van der Waals surface area contributed by atoms with E-state index in [-0.39, 0.29) is 26.9 Å². The van der Waals surface area contributed by atoms with E-state index in [0.29, 0.717) is 4.90 Å². The van der Waals surface area contributed by atoms with Gasteiger partial charge in [-0.3, -0.25) is 30.6 Å². The third-order valence-corrected chi connectivity index (χ3v) is 5.80. The van der Waals surface area contributed by atoms with Crippen molar-refractivity contribution >= 4 is 57.8 Å². The van der Waals surface area contributed by atoms with Crippen LogP contribution in [0.25, 0.3) is 0 Å². The number of nitro groups is 1. The van der Waals surface area contributed by atoms with Gasteiger partial charge in [-0.2, -0.15) is 0 Å². The smallest absolute Gasteiger partial charge is 0.340 e. The first-order valence-corrected chi connectivity index (χ1v) is 10.6. The zero-order valence-electron chi connectivity index (χ0n) is 18.3. The van der Waals surface area contributed by atoms with Gasteiger partial charge < -0.3 is 9.47 Å². The van der Waals surface area contributed by atoms with Gasteiger partial charge in [-0.05, 0) is 24.3 Å². The molecule has 14 heteroatoms. The zero-order valence-corrected chi connectivity index (χ0v) is 19.8. The second-order valence-corrected chi connectivity index (χ2v) is 8.01. The van der Waals surface area contributed by atoms with E-state index in [4.69, 9.17) is 32.7 Å². The van der Waals surface area contributed by atoms with E-state index in [1.807, 2.05) is 0 Å². The van der Waals surface area contributed by atoms with E-state index in [0.717, 1.165) is 19.2 Å². The van der Waals surface area contributed by atoms with Gasteiger partial charge in [0.2, 0.25) is 5.75 Å². The number of amides is 2. The van der Waals surface area contributed by atoms with Crippen LogP contribution in [-0.4, -0.2) is 31.0 Å². The summed E-state index contributed by atoms with van der Waals surface area (Å²) >= 11 is 12.0. The Morgan fingerprint density at radius 1 is 0.889 bits per heavy atom.